The van der Waals surface area contributed by atoms with Crippen molar-refractivity contribution in [2.75, 3.05) is 50.8 Å². The molecular formula is C31H40N4O5. The maximum absolute atomic E-state index is 13.5. The first-order chi connectivity index (χ1) is 19.4. The number of carbonyl (C=O) groups is 3. The molecule has 9 nitrogen and oxygen atoms in total. The Kier molecular flexibility index (Phi) is 8.71. The van der Waals surface area contributed by atoms with Crippen molar-refractivity contribution in [1.29, 1.82) is 0 Å². The molecule has 2 aromatic rings. The number of nitrogens with two attached hydrogens (primary N) is 1. The lowest BCUT2D eigenvalue weighted by atomic mass is 9.83. The highest BCUT2D eigenvalue weighted by Crippen LogP contribution is 2.41. The highest BCUT2D eigenvalue weighted by molar-refractivity contribution is 6.01. The van der Waals surface area contributed by atoms with Crippen molar-refractivity contribution in [2.45, 2.75) is 51.0 Å². The third kappa shape index (κ3) is 5.71. The zero-order valence-electron chi connectivity index (χ0n) is 23.3. The van der Waals surface area contributed by atoms with Gasteiger partial charge in [0.05, 0.1) is 25.5 Å². The molecule has 3 unspecified atom stereocenters. The van der Waals surface area contributed by atoms with E-state index in [9.17, 15) is 19.5 Å². The Balaban J connectivity index is 1.42. The van der Waals surface area contributed by atoms with Crippen LogP contribution in [-0.2, 0) is 27.2 Å². The first-order valence-electron chi connectivity index (χ1n) is 14.5. The summed E-state index contributed by atoms with van der Waals surface area (Å²) in [6, 6.07) is 13.3. The van der Waals surface area contributed by atoms with E-state index < -0.39 is 17.9 Å². The number of benzene rings is 2. The highest BCUT2D eigenvalue weighted by Gasteiger charge is 2.47. The third-order valence-electron chi connectivity index (χ3n) is 8.62. The van der Waals surface area contributed by atoms with Crippen LogP contribution in [-0.4, -0.2) is 84.6 Å². The molecule has 3 aliphatic rings. The van der Waals surface area contributed by atoms with Gasteiger partial charge in [0.2, 0.25) is 11.8 Å². The number of anilines is 1. The molecule has 2 amide bonds. The van der Waals surface area contributed by atoms with Crippen LogP contribution in [0.25, 0.3) is 0 Å². The molecule has 0 aromatic heterocycles. The number of rotatable bonds is 12. The number of carboxylic acid groups (broad SMARTS) is 1. The summed E-state index contributed by atoms with van der Waals surface area (Å²) in [6.07, 6.45) is 3.49. The monoisotopic (exact) mass is 548 g/mol. The number of ether oxygens (including phenoxy) is 1. The molecule has 3 atom stereocenters. The van der Waals surface area contributed by atoms with Crippen molar-refractivity contribution in [2.24, 2.45) is 11.7 Å². The summed E-state index contributed by atoms with van der Waals surface area (Å²) in [5.74, 6) is -1.01. The summed E-state index contributed by atoms with van der Waals surface area (Å²) in [5, 5.41) is 10.5. The van der Waals surface area contributed by atoms with Gasteiger partial charge in [-0.15, -0.1) is 0 Å². The number of fused-ring (bicyclic) bond motifs is 2. The van der Waals surface area contributed by atoms with Gasteiger partial charge in [0.25, 0.3) is 0 Å². The molecule has 0 saturated carbocycles. The number of carboxylic acids is 1. The van der Waals surface area contributed by atoms with Crippen LogP contribution in [0.2, 0.25) is 0 Å². The molecule has 0 spiro atoms. The predicted molar refractivity (Wildman–Crippen MR) is 153 cm³/mol. The van der Waals surface area contributed by atoms with Crippen molar-refractivity contribution < 1.29 is 24.2 Å². The molecule has 3 N–H and O–H groups in total. The van der Waals surface area contributed by atoms with E-state index in [0.29, 0.717) is 52.2 Å². The molecule has 0 bridgehead atoms. The topological polar surface area (TPSA) is 116 Å². The van der Waals surface area contributed by atoms with Gasteiger partial charge in [0, 0.05) is 56.8 Å². The maximum atomic E-state index is 13.5. The second-order valence-corrected chi connectivity index (χ2v) is 11.1. The summed E-state index contributed by atoms with van der Waals surface area (Å²) in [4.78, 5) is 44.8. The van der Waals surface area contributed by atoms with Crippen molar-refractivity contribution in [1.82, 2.24) is 9.80 Å². The summed E-state index contributed by atoms with van der Waals surface area (Å²) in [7, 11) is 0. The van der Waals surface area contributed by atoms with Gasteiger partial charge in [-0.1, -0.05) is 43.7 Å². The largest absolute Gasteiger partial charge is 0.493 e. The quantitative estimate of drug-likeness (QED) is 0.419. The fraction of sp³-hybridized carbons (Fsp3) is 0.516. The molecule has 0 aliphatic carbocycles. The van der Waals surface area contributed by atoms with Gasteiger partial charge in [-0.3, -0.25) is 19.3 Å². The van der Waals surface area contributed by atoms with Crippen molar-refractivity contribution in [3.8, 4) is 5.75 Å². The van der Waals surface area contributed by atoms with Crippen molar-refractivity contribution in [3.63, 3.8) is 0 Å². The van der Waals surface area contributed by atoms with Crippen LogP contribution in [0.1, 0.15) is 48.8 Å². The average molecular weight is 549 g/mol. The molecule has 1 fully saturated rings. The molecule has 40 heavy (non-hydrogen) atoms. The van der Waals surface area contributed by atoms with Crippen LogP contribution in [0, 0.1) is 5.92 Å². The molecular weight excluding hydrogens is 508 g/mol. The first-order valence-corrected chi connectivity index (χ1v) is 14.5. The standard InChI is InChI=1S/C31H40N4O5/c1-2-3-13-33(15-12-32)29(37)20-34-19-24(21-8-9-27-23(17-21)11-16-40-27)30(31(38)39)26(34)10-14-35-25-7-5-4-6-22(25)18-28(35)36/h4-9,17,24,26,30H,2-3,10-16,18-20,32H2,1H3,(H,38,39). The Labute approximate surface area is 235 Å². The number of unbranched alkanes of at least 4 members (excludes halogenated alkanes) is 1. The smallest absolute Gasteiger partial charge is 0.308 e. The lowest BCUT2D eigenvalue weighted by molar-refractivity contribution is -0.143. The van der Waals surface area contributed by atoms with E-state index in [0.717, 1.165) is 47.4 Å². The number of para-hydroxylation sites is 1. The molecule has 2 aromatic carbocycles. The normalized spacial score (nSPS) is 21.8. The predicted octanol–water partition coefficient (Wildman–Crippen LogP) is 2.66. The van der Waals surface area contributed by atoms with E-state index in [1.807, 2.05) is 41.3 Å². The molecule has 9 heteroatoms. The van der Waals surface area contributed by atoms with Crippen LogP contribution in [0.4, 0.5) is 5.69 Å². The van der Waals surface area contributed by atoms with Crippen molar-refractivity contribution >= 4 is 23.5 Å². The van der Waals surface area contributed by atoms with Gasteiger partial charge in [0.1, 0.15) is 5.75 Å². The van der Waals surface area contributed by atoms with Gasteiger partial charge in [0.15, 0.2) is 0 Å². The Bertz CT molecular complexity index is 1250. The van der Waals surface area contributed by atoms with Crippen LogP contribution in [0.3, 0.4) is 0 Å². The van der Waals surface area contributed by atoms with E-state index >= 15 is 0 Å². The maximum Gasteiger partial charge on any atom is 0.308 e. The zero-order chi connectivity index (χ0) is 28.2. The first kappa shape index (κ1) is 28.1. The fourth-order valence-electron chi connectivity index (χ4n) is 6.59. The van der Waals surface area contributed by atoms with Crippen LogP contribution >= 0.6 is 0 Å². The van der Waals surface area contributed by atoms with Crippen molar-refractivity contribution in [3.05, 3.63) is 59.2 Å². The number of likely N-dealkylation sites (tertiary alicyclic amines) is 1. The molecule has 5 rings (SSSR count). The number of aliphatic carboxylic acids is 1. The average Bonchev–Trinajstić information content (AvgIpc) is 3.64. The Hall–Kier alpha value is -3.43. The Morgan fingerprint density at radius 3 is 2.75 bits per heavy atom. The number of nitrogens with zero attached hydrogens (tertiary/aromatic N) is 3. The summed E-state index contributed by atoms with van der Waals surface area (Å²) in [6.45, 7) is 5.22. The van der Waals surface area contributed by atoms with Crippen LogP contribution in [0.5, 0.6) is 5.75 Å². The van der Waals surface area contributed by atoms with Gasteiger partial charge in [-0.05, 0) is 41.7 Å². The third-order valence-corrected chi connectivity index (χ3v) is 8.62. The minimum absolute atomic E-state index is 0.0255. The summed E-state index contributed by atoms with van der Waals surface area (Å²) >= 11 is 0. The lowest BCUT2D eigenvalue weighted by Gasteiger charge is -2.30. The SMILES string of the molecule is CCCCN(CCN)C(=O)CN1CC(c2ccc3c(c2)CCO3)C(C(=O)O)C1CCN1C(=O)Cc2ccccc21. The van der Waals surface area contributed by atoms with Gasteiger partial charge in [-0.25, -0.2) is 0 Å². The zero-order valence-corrected chi connectivity index (χ0v) is 23.3. The van der Waals surface area contributed by atoms with E-state index in [4.69, 9.17) is 10.5 Å². The molecule has 1 saturated heterocycles. The van der Waals surface area contributed by atoms with Gasteiger partial charge >= 0.3 is 5.97 Å². The number of hydrogen-bond donors (Lipinski definition) is 2. The Morgan fingerprint density at radius 1 is 1.15 bits per heavy atom. The minimum atomic E-state index is -0.875. The second-order valence-electron chi connectivity index (χ2n) is 11.1. The number of carbonyl (C=O) groups excluding carboxylic acids is 2. The minimum Gasteiger partial charge on any atom is -0.493 e. The molecule has 3 heterocycles. The highest BCUT2D eigenvalue weighted by atomic mass is 16.5. The van der Waals surface area contributed by atoms with E-state index in [2.05, 4.69) is 13.0 Å². The van der Waals surface area contributed by atoms with Gasteiger partial charge < -0.3 is 25.4 Å². The lowest BCUT2D eigenvalue weighted by Crippen LogP contribution is -2.46. The molecule has 0 radical (unpaired) electrons. The summed E-state index contributed by atoms with van der Waals surface area (Å²) < 4.78 is 5.68. The second kappa shape index (κ2) is 12.4. The van der Waals surface area contributed by atoms with E-state index in [-0.39, 0.29) is 24.3 Å². The molecule has 214 valence electrons. The number of amides is 2. The van der Waals surface area contributed by atoms with Crippen LogP contribution in [0.15, 0.2) is 42.5 Å². The molecule has 3 aliphatic heterocycles. The Morgan fingerprint density at radius 2 is 1.98 bits per heavy atom. The van der Waals surface area contributed by atoms with E-state index in [1.54, 1.807) is 9.80 Å². The van der Waals surface area contributed by atoms with Gasteiger partial charge in [-0.2, -0.15) is 0 Å². The fourth-order valence-corrected chi connectivity index (χ4v) is 6.59. The van der Waals surface area contributed by atoms with Crippen LogP contribution < -0.4 is 15.4 Å². The van der Waals surface area contributed by atoms with E-state index in [1.165, 1.54) is 0 Å². The number of hydrogen-bond acceptors (Lipinski definition) is 6. The summed E-state index contributed by atoms with van der Waals surface area (Å²) in [5.41, 5.74) is 9.76.